The Balaban J connectivity index is 2.09. The minimum atomic E-state index is 0.508. The number of hydrogen-bond donors (Lipinski definition) is 1. The number of nitrogens with zero attached hydrogens (tertiary/aromatic N) is 3. The van der Waals surface area contributed by atoms with Gasteiger partial charge in [0.2, 0.25) is 0 Å². The molecule has 0 aliphatic rings. The molecule has 0 radical (unpaired) electrons. The molecule has 2 heterocycles. The lowest BCUT2D eigenvalue weighted by atomic mass is 10.0. The predicted molar refractivity (Wildman–Crippen MR) is 88.6 cm³/mol. The van der Waals surface area contributed by atoms with Gasteiger partial charge in [0.05, 0.1) is 11.4 Å². The predicted octanol–water partition coefficient (Wildman–Crippen LogP) is 2.71. The van der Waals surface area contributed by atoms with Crippen LogP contribution in [0.3, 0.4) is 0 Å². The highest BCUT2D eigenvalue weighted by atomic mass is 15.1. The Morgan fingerprint density at radius 3 is 2.71 bits per heavy atom. The molecule has 0 aliphatic carbocycles. The van der Waals surface area contributed by atoms with Crippen LogP contribution in [0.4, 0.5) is 0 Å². The van der Waals surface area contributed by atoms with Crippen molar-refractivity contribution in [1.29, 1.82) is 0 Å². The van der Waals surface area contributed by atoms with Gasteiger partial charge >= 0.3 is 0 Å². The molecule has 0 aromatic carbocycles. The van der Waals surface area contributed by atoms with Crippen molar-refractivity contribution in [3.63, 3.8) is 0 Å². The monoisotopic (exact) mass is 288 g/mol. The van der Waals surface area contributed by atoms with Gasteiger partial charge < -0.3 is 14.6 Å². The summed E-state index contributed by atoms with van der Waals surface area (Å²) in [6.45, 7) is 8.58. The Morgan fingerprint density at radius 2 is 2.05 bits per heavy atom. The van der Waals surface area contributed by atoms with E-state index in [1.165, 1.54) is 12.1 Å². The highest BCUT2D eigenvalue weighted by Crippen LogP contribution is 2.13. The molecular weight excluding hydrogens is 260 g/mol. The van der Waals surface area contributed by atoms with Crippen LogP contribution >= 0.6 is 0 Å². The van der Waals surface area contributed by atoms with E-state index in [1.807, 2.05) is 6.07 Å². The fourth-order valence-corrected chi connectivity index (χ4v) is 2.85. The topological polar surface area (TPSA) is 32.6 Å². The van der Waals surface area contributed by atoms with Crippen molar-refractivity contribution >= 4 is 5.65 Å². The van der Waals surface area contributed by atoms with Gasteiger partial charge in [0.15, 0.2) is 0 Å². The summed E-state index contributed by atoms with van der Waals surface area (Å²) in [6.07, 6.45) is 3.28. The van der Waals surface area contributed by atoms with E-state index in [4.69, 9.17) is 0 Å². The first-order chi connectivity index (χ1) is 9.97. The molecule has 2 aromatic heterocycles. The van der Waals surface area contributed by atoms with E-state index >= 15 is 0 Å². The van der Waals surface area contributed by atoms with E-state index in [0.717, 1.165) is 24.4 Å². The maximum Gasteiger partial charge on any atom is 0.137 e. The highest BCUT2D eigenvalue weighted by Gasteiger charge is 2.14. The van der Waals surface area contributed by atoms with Crippen LogP contribution in [0.2, 0.25) is 0 Å². The maximum absolute atomic E-state index is 4.63. The van der Waals surface area contributed by atoms with Gasteiger partial charge in [0.1, 0.15) is 5.65 Å². The lowest BCUT2D eigenvalue weighted by Crippen LogP contribution is -2.39. The lowest BCUT2D eigenvalue weighted by Gasteiger charge is -2.24. The van der Waals surface area contributed by atoms with Crippen LogP contribution in [-0.4, -0.2) is 41.0 Å². The molecule has 0 spiro atoms. The average Bonchev–Trinajstić information content (AvgIpc) is 2.70. The fraction of sp³-hybridized carbons (Fsp3) is 0.588. The molecule has 0 amide bonds. The summed E-state index contributed by atoms with van der Waals surface area (Å²) in [7, 11) is 4.27. The SMILES string of the molecule is Cc1nc2ccccn2c1CNC(CC(C)C)CN(C)C. The molecular formula is C17H28N4. The molecule has 0 aliphatic heterocycles. The first-order valence-corrected chi connectivity index (χ1v) is 7.78. The Kier molecular flexibility index (Phi) is 5.37. The largest absolute Gasteiger partial charge is 0.308 e. The number of imidazole rings is 1. The van der Waals surface area contributed by atoms with Crippen molar-refractivity contribution in [2.24, 2.45) is 5.92 Å². The number of aromatic nitrogens is 2. The summed E-state index contributed by atoms with van der Waals surface area (Å²) in [6, 6.07) is 6.66. The Hall–Kier alpha value is -1.39. The smallest absolute Gasteiger partial charge is 0.137 e. The van der Waals surface area contributed by atoms with Crippen molar-refractivity contribution in [3.05, 3.63) is 35.8 Å². The normalized spacial score (nSPS) is 13.5. The van der Waals surface area contributed by atoms with E-state index in [9.17, 15) is 0 Å². The van der Waals surface area contributed by atoms with Gasteiger partial charge in [-0.3, -0.25) is 0 Å². The molecule has 0 saturated heterocycles. The van der Waals surface area contributed by atoms with Crippen LogP contribution < -0.4 is 5.32 Å². The first kappa shape index (κ1) is 16.0. The minimum Gasteiger partial charge on any atom is -0.308 e. The fourth-order valence-electron chi connectivity index (χ4n) is 2.85. The molecule has 1 unspecified atom stereocenters. The molecule has 2 rings (SSSR count). The quantitative estimate of drug-likeness (QED) is 0.850. The van der Waals surface area contributed by atoms with E-state index < -0.39 is 0 Å². The van der Waals surface area contributed by atoms with Crippen LogP contribution in [0.1, 0.15) is 31.7 Å². The second-order valence-electron chi connectivity index (χ2n) is 6.54. The summed E-state index contributed by atoms with van der Waals surface area (Å²) in [5.41, 5.74) is 3.40. The molecule has 0 fully saturated rings. The summed E-state index contributed by atoms with van der Waals surface area (Å²) >= 11 is 0. The third-order valence-corrected chi connectivity index (χ3v) is 3.73. The number of aryl methyl sites for hydroxylation is 1. The third kappa shape index (κ3) is 4.29. The van der Waals surface area contributed by atoms with Crippen LogP contribution in [0.25, 0.3) is 5.65 Å². The van der Waals surface area contributed by atoms with Crippen LogP contribution in [0.5, 0.6) is 0 Å². The van der Waals surface area contributed by atoms with Crippen molar-refractivity contribution in [1.82, 2.24) is 19.6 Å². The van der Waals surface area contributed by atoms with Gasteiger partial charge in [-0.25, -0.2) is 4.98 Å². The average molecular weight is 288 g/mol. The zero-order valence-electron chi connectivity index (χ0n) is 13.9. The maximum atomic E-state index is 4.63. The highest BCUT2D eigenvalue weighted by molar-refractivity contribution is 5.42. The second-order valence-corrected chi connectivity index (χ2v) is 6.54. The van der Waals surface area contributed by atoms with Gasteiger partial charge in [-0.1, -0.05) is 19.9 Å². The second kappa shape index (κ2) is 7.05. The van der Waals surface area contributed by atoms with Gasteiger partial charge in [0, 0.05) is 25.3 Å². The number of nitrogens with one attached hydrogen (secondary N) is 1. The molecule has 0 bridgehead atoms. The van der Waals surface area contributed by atoms with Crippen molar-refractivity contribution < 1.29 is 0 Å². The molecule has 1 atom stereocenters. The number of likely N-dealkylation sites (N-methyl/N-ethyl adjacent to an activating group) is 1. The zero-order valence-corrected chi connectivity index (χ0v) is 13.9. The van der Waals surface area contributed by atoms with Crippen LogP contribution in [-0.2, 0) is 6.54 Å². The molecule has 4 nitrogen and oxygen atoms in total. The number of rotatable bonds is 7. The van der Waals surface area contributed by atoms with Crippen LogP contribution in [0, 0.1) is 12.8 Å². The Bertz CT molecular complexity index is 561. The van der Waals surface area contributed by atoms with Gasteiger partial charge in [-0.05, 0) is 45.5 Å². The van der Waals surface area contributed by atoms with Crippen molar-refractivity contribution in [3.8, 4) is 0 Å². The molecule has 21 heavy (non-hydrogen) atoms. The molecule has 1 N–H and O–H groups in total. The number of pyridine rings is 1. The Labute approximate surface area is 128 Å². The molecule has 116 valence electrons. The first-order valence-electron chi connectivity index (χ1n) is 7.78. The van der Waals surface area contributed by atoms with E-state index in [-0.39, 0.29) is 0 Å². The number of hydrogen-bond acceptors (Lipinski definition) is 3. The summed E-state index contributed by atoms with van der Waals surface area (Å²) in [4.78, 5) is 6.88. The van der Waals surface area contributed by atoms with Gasteiger partial charge in [0.25, 0.3) is 0 Å². The molecule has 0 saturated carbocycles. The van der Waals surface area contributed by atoms with E-state index in [1.54, 1.807) is 0 Å². The number of fused-ring (bicyclic) bond motifs is 1. The van der Waals surface area contributed by atoms with Gasteiger partial charge in [-0.2, -0.15) is 0 Å². The molecule has 4 heteroatoms. The summed E-state index contributed by atoms with van der Waals surface area (Å²) in [5, 5.41) is 3.72. The standard InChI is InChI=1S/C17H28N4/c1-13(2)10-15(12-20(4)5)18-11-16-14(3)19-17-8-6-7-9-21(16)17/h6-9,13,15,18H,10-12H2,1-5H3. The van der Waals surface area contributed by atoms with E-state index in [2.05, 4.69) is 72.8 Å². The van der Waals surface area contributed by atoms with E-state index in [0.29, 0.717) is 12.0 Å². The van der Waals surface area contributed by atoms with Crippen LogP contribution in [0.15, 0.2) is 24.4 Å². The summed E-state index contributed by atoms with van der Waals surface area (Å²) < 4.78 is 2.18. The third-order valence-electron chi connectivity index (χ3n) is 3.73. The lowest BCUT2D eigenvalue weighted by molar-refractivity contribution is 0.304. The summed E-state index contributed by atoms with van der Waals surface area (Å²) in [5.74, 6) is 0.700. The minimum absolute atomic E-state index is 0.508. The van der Waals surface area contributed by atoms with Crippen molar-refractivity contribution in [2.45, 2.75) is 39.8 Å². The van der Waals surface area contributed by atoms with Gasteiger partial charge in [-0.15, -0.1) is 0 Å². The van der Waals surface area contributed by atoms with Crippen molar-refractivity contribution in [2.75, 3.05) is 20.6 Å². The Morgan fingerprint density at radius 1 is 1.29 bits per heavy atom. The zero-order chi connectivity index (χ0) is 15.4. The molecule has 2 aromatic rings.